The Hall–Kier alpha value is -3.61. The molecule has 0 aromatic heterocycles. The zero-order chi connectivity index (χ0) is 24.5. The van der Waals surface area contributed by atoms with E-state index in [4.69, 9.17) is 0 Å². The van der Waals surface area contributed by atoms with Gasteiger partial charge in [-0.25, -0.2) is 19.3 Å². The molecule has 2 heterocycles. The van der Waals surface area contributed by atoms with Gasteiger partial charge in [-0.15, -0.1) is 0 Å². The highest BCUT2D eigenvalue weighted by Gasteiger charge is 2.56. The second kappa shape index (κ2) is 9.10. The minimum atomic E-state index is -1.60. The first kappa shape index (κ1) is 24.0. The van der Waals surface area contributed by atoms with Gasteiger partial charge in [0.25, 0.3) is 11.8 Å². The van der Waals surface area contributed by atoms with Crippen LogP contribution in [0.15, 0.2) is 30.3 Å². The summed E-state index contributed by atoms with van der Waals surface area (Å²) in [5.41, 5.74) is 0.346. The predicted octanol–water partition coefficient (Wildman–Crippen LogP) is -0.522. The van der Waals surface area contributed by atoms with Crippen molar-refractivity contribution in [1.29, 1.82) is 0 Å². The molecule has 0 bridgehead atoms. The van der Waals surface area contributed by atoms with Gasteiger partial charge in [0.1, 0.15) is 6.04 Å². The summed E-state index contributed by atoms with van der Waals surface area (Å²) < 4.78 is -1.23. The molecule has 7 amide bonds. The number of benzene rings is 1. The van der Waals surface area contributed by atoms with Gasteiger partial charge in [-0.1, -0.05) is 30.3 Å². The molecule has 0 unspecified atom stereocenters. The van der Waals surface area contributed by atoms with Crippen molar-refractivity contribution in [2.45, 2.75) is 36.7 Å². The lowest BCUT2D eigenvalue weighted by Gasteiger charge is -2.43. The number of carbonyl (C=O) groups is 6. The second-order valence-corrected chi connectivity index (χ2v) is 9.21. The lowest BCUT2D eigenvalue weighted by molar-refractivity contribution is -0.173. The Balaban J connectivity index is 1.77. The zero-order valence-electron chi connectivity index (χ0n) is 17.8. The van der Waals surface area contributed by atoms with Crippen molar-refractivity contribution in [1.82, 2.24) is 25.8 Å². The number of carboxylic acids is 1. The number of likely N-dealkylation sites (tertiary alicyclic amines) is 1. The van der Waals surface area contributed by atoms with Gasteiger partial charge < -0.3 is 21.1 Å². The van der Waals surface area contributed by atoms with Crippen molar-refractivity contribution in [3.8, 4) is 0 Å². The van der Waals surface area contributed by atoms with E-state index in [9.17, 15) is 33.9 Å². The molecule has 0 spiro atoms. The van der Waals surface area contributed by atoms with Gasteiger partial charge >= 0.3 is 18.0 Å². The average molecular weight is 477 g/mol. The highest BCUT2D eigenvalue weighted by Crippen LogP contribution is 2.29. The Kier molecular flexibility index (Phi) is 6.63. The summed E-state index contributed by atoms with van der Waals surface area (Å²) in [6, 6.07) is 2.13. The maximum Gasteiger partial charge on any atom is 0.328 e. The summed E-state index contributed by atoms with van der Waals surface area (Å²) in [6.07, 6.45) is 0. The highest BCUT2D eigenvalue weighted by atomic mass is 32.1. The minimum absolute atomic E-state index is 0.110. The molecule has 2 fully saturated rings. The molecule has 12 nitrogen and oxygen atoms in total. The molecule has 0 saturated carbocycles. The fraction of sp³-hybridized carbons (Fsp3) is 0.400. The third kappa shape index (κ3) is 4.77. The van der Waals surface area contributed by atoms with Crippen LogP contribution in [0.1, 0.15) is 25.5 Å². The molecule has 13 heteroatoms. The fourth-order valence-electron chi connectivity index (χ4n) is 3.57. The smallest absolute Gasteiger partial charge is 0.328 e. The lowest BCUT2D eigenvalue weighted by Crippen LogP contribution is -2.74. The molecule has 0 radical (unpaired) electrons. The number of hydrogen-bond donors (Lipinski definition) is 5. The number of β-lactam (4-membered cyclic amide) rings is 2. The van der Waals surface area contributed by atoms with E-state index in [1.165, 1.54) is 13.8 Å². The summed E-state index contributed by atoms with van der Waals surface area (Å²) in [5.74, 6) is -4.10. The third-order valence-electron chi connectivity index (χ3n) is 5.18. The van der Waals surface area contributed by atoms with E-state index in [0.29, 0.717) is 10.5 Å². The summed E-state index contributed by atoms with van der Waals surface area (Å²) in [6.45, 7) is 3.26. The minimum Gasteiger partial charge on any atom is -0.480 e. The van der Waals surface area contributed by atoms with Gasteiger partial charge in [-0.05, 0) is 19.4 Å². The molecule has 2 aliphatic heterocycles. The van der Waals surface area contributed by atoms with Gasteiger partial charge in [0, 0.05) is 17.8 Å². The normalized spacial score (nSPS) is 18.3. The van der Waals surface area contributed by atoms with Crippen molar-refractivity contribution in [2.75, 3.05) is 13.1 Å². The van der Waals surface area contributed by atoms with E-state index in [2.05, 4.69) is 28.6 Å². The number of carbonyl (C=O) groups excluding carboxylic acids is 5. The van der Waals surface area contributed by atoms with E-state index < -0.39 is 58.6 Å². The molecule has 176 valence electrons. The third-order valence-corrected chi connectivity index (χ3v) is 5.43. The quantitative estimate of drug-likeness (QED) is 0.200. The van der Waals surface area contributed by atoms with Crippen molar-refractivity contribution in [2.24, 2.45) is 0 Å². The fourth-order valence-corrected chi connectivity index (χ4v) is 3.80. The monoisotopic (exact) mass is 477 g/mol. The molecule has 1 aromatic carbocycles. The highest BCUT2D eigenvalue weighted by molar-refractivity contribution is 7.81. The van der Waals surface area contributed by atoms with E-state index in [1.807, 2.05) is 0 Å². The van der Waals surface area contributed by atoms with Gasteiger partial charge in [0.2, 0.25) is 5.91 Å². The average Bonchev–Trinajstić information content (AvgIpc) is 3.18. The van der Waals surface area contributed by atoms with Crippen LogP contribution in [0.5, 0.6) is 0 Å². The lowest BCUT2D eigenvalue weighted by atomic mass is 9.94. The molecular weight excluding hydrogens is 454 g/mol. The Morgan fingerprint density at radius 2 is 1.76 bits per heavy atom. The van der Waals surface area contributed by atoms with Crippen LogP contribution < -0.4 is 16.0 Å². The second-order valence-electron chi connectivity index (χ2n) is 8.06. The molecule has 1 aromatic rings. The van der Waals surface area contributed by atoms with Crippen molar-refractivity contribution >= 4 is 48.4 Å². The number of carboxylic acid groups (broad SMARTS) is 1. The Morgan fingerprint density at radius 1 is 1.15 bits per heavy atom. The number of rotatable bonds is 7. The Morgan fingerprint density at radius 3 is 2.24 bits per heavy atom. The van der Waals surface area contributed by atoms with Crippen molar-refractivity contribution in [3.63, 3.8) is 0 Å². The number of urea groups is 2. The van der Waals surface area contributed by atoms with Crippen LogP contribution in [0.25, 0.3) is 0 Å². The number of nitrogens with one attached hydrogen (secondary N) is 3. The number of aliphatic carboxylic acids is 1. The number of hydrogen-bond acceptors (Lipinski definition) is 7. The first-order chi connectivity index (χ1) is 15.4. The summed E-state index contributed by atoms with van der Waals surface area (Å²) in [5, 5.41) is 16.6. The number of amides is 7. The van der Waals surface area contributed by atoms with Crippen LogP contribution in [0.4, 0.5) is 9.59 Å². The van der Waals surface area contributed by atoms with E-state index in [1.54, 1.807) is 30.3 Å². The standard InChI is InChI=1S/C20H23N5O7S/c1-20(2,33)13(17(29)30)25-15(27)12(16(25)28)22-14(26)11(10-6-4-3-5-7-10)23-19(32)24-9-8-21-18(24)31/h3-7,11-13,33H,8-9H2,1-2H3,(H,21,31)(H,22,26)(H,23,32)(H,29,30)/t11-,13+/m1/s1. The number of thiol groups is 1. The number of imide groups is 2. The molecular formula is C20H23N5O7S. The molecule has 3 rings (SSSR count). The van der Waals surface area contributed by atoms with Gasteiger partial charge in [-0.2, -0.15) is 12.6 Å². The first-order valence-corrected chi connectivity index (χ1v) is 10.4. The molecule has 4 N–H and O–H groups in total. The van der Waals surface area contributed by atoms with E-state index in [0.717, 1.165) is 4.90 Å². The number of nitrogens with zero attached hydrogens (tertiary/aromatic N) is 2. The topological polar surface area (TPSA) is 165 Å². The van der Waals surface area contributed by atoms with E-state index in [-0.39, 0.29) is 13.1 Å². The molecule has 2 saturated heterocycles. The SMILES string of the molecule is CC(C)(S)[C@H](C(=O)O)N1C(=O)C(NC(=O)[C@H](NC(=O)N2CCNC2=O)c2ccccc2)C1=O. The zero-order valence-corrected chi connectivity index (χ0v) is 18.7. The molecule has 2 atom stereocenters. The maximum atomic E-state index is 13.0. The predicted molar refractivity (Wildman–Crippen MR) is 116 cm³/mol. The van der Waals surface area contributed by atoms with Gasteiger partial charge in [0.15, 0.2) is 12.1 Å². The van der Waals surface area contributed by atoms with E-state index >= 15 is 0 Å². The summed E-state index contributed by atoms with van der Waals surface area (Å²) in [7, 11) is 0. The van der Waals surface area contributed by atoms with Crippen LogP contribution in [0.2, 0.25) is 0 Å². The van der Waals surface area contributed by atoms with Crippen molar-refractivity contribution in [3.05, 3.63) is 35.9 Å². The van der Waals surface area contributed by atoms with Gasteiger partial charge in [0.05, 0.1) is 0 Å². The van der Waals surface area contributed by atoms with Crippen LogP contribution in [0.3, 0.4) is 0 Å². The van der Waals surface area contributed by atoms with Crippen LogP contribution >= 0.6 is 12.6 Å². The maximum absolute atomic E-state index is 13.0. The Bertz CT molecular complexity index is 994. The first-order valence-electron chi connectivity index (χ1n) is 9.96. The van der Waals surface area contributed by atoms with Crippen LogP contribution in [-0.2, 0) is 19.2 Å². The van der Waals surface area contributed by atoms with Crippen LogP contribution in [0, 0.1) is 0 Å². The van der Waals surface area contributed by atoms with Crippen molar-refractivity contribution < 1.29 is 33.9 Å². The largest absolute Gasteiger partial charge is 0.480 e. The van der Waals surface area contributed by atoms with Gasteiger partial charge in [-0.3, -0.25) is 19.3 Å². The molecule has 2 aliphatic rings. The summed E-state index contributed by atoms with van der Waals surface area (Å²) >= 11 is 4.17. The Labute approximate surface area is 194 Å². The molecule has 0 aliphatic carbocycles. The van der Waals surface area contributed by atoms with Crippen LogP contribution in [-0.4, -0.2) is 80.6 Å². The summed E-state index contributed by atoms with van der Waals surface area (Å²) in [4.78, 5) is 75.5. The molecule has 33 heavy (non-hydrogen) atoms.